The highest BCUT2D eigenvalue weighted by Gasteiger charge is 2.39. The van der Waals surface area contributed by atoms with E-state index in [0.717, 1.165) is 34.5 Å². The van der Waals surface area contributed by atoms with Gasteiger partial charge in [0, 0.05) is 55.2 Å². The fraction of sp³-hybridized carbons (Fsp3) is 0.448. The molecule has 2 aliphatic heterocycles. The minimum atomic E-state index is -4.46. The van der Waals surface area contributed by atoms with Crippen LogP contribution in [0.2, 0.25) is 0 Å². The average Bonchev–Trinajstić information content (AvgIpc) is 3.46. The number of ether oxygens (including phenoxy) is 1. The van der Waals surface area contributed by atoms with Crippen molar-refractivity contribution in [3.63, 3.8) is 0 Å². The Kier molecular flexibility index (Phi) is 8.32. The molecular formula is C29H33F3IN5O2. The third kappa shape index (κ3) is 6.40. The third-order valence-electron chi connectivity index (χ3n) is 7.82. The Labute approximate surface area is 245 Å². The molecular weight excluding hydrogens is 634 g/mol. The van der Waals surface area contributed by atoms with Crippen molar-refractivity contribution in [1.29, 1.82) is 0 Å². The summed E-state index contributed by atoms with van der Waals surface area (Å²) >= 11 is 2.44. The zero-order chi connectivity index (χ0) is 28.6. The van der Waals surface area contributed by atoms with Gasteiger partial charge in [-0.2, -0.15) is 18.3 Å². The predicted molar refractivity (Wildman–Crippen MR) is 157 cm³/mol. The standard InChI is InChI=1S/C29H33F3IN5O2/c1-18-4-5-23(37-14-24-6-7-25(15-37)38(24)17-33)11-27(18)28(39)35-19(2)20-8-21(22-12-34-36(3)13-22)10-26(9-20)40-16-29(30,31)32/h4-5,8-13,19,24-25H,6-7,14-17H2,1-3H3,(H,35,39)/t19-,24-,25+/m1/s1. The molecule has 214 valence electrons. The number of carbonyl (C=O) groups excluding carboxylic acids is 1. The largest absolute Gasteiger partial charge is 0.484 e. The van der Waals surface area contributed by atoms with Crippen molar-refractivity contribution >= 4 is 34.2 Å². The van der Waals surface area contributed by atoms with Crippen LogP contribution in [0.25, 0.3) is 11.1 Å². The SMILES string of the molecule is Cc1ccc(N2C[C@H]3CC[C@@H](C2)N3CI)cc1C(=O)N[C@H](C)c1cc(OCC(F)(F)F)cc(-c2cnn(C)c2)c1. The molecule has 0 radical (unpaired) electrons. The van der Waals surface area contributed by atoms with Gasteiger partial charge in [-0.3, -0.25) is 14.4 Å². The van der Waals surface area contributed by atoms with E-state index in [4.69, 9.17) is 4.74 Å². The van der Waals surface area contributed by atoms with E-state index in [1.165, 1.54) is 12.8 Å². The zero-order valence-corrected chi connectivity index (χ0v) is 24.9. The quantitative estimate of drug-likeness (QED) is 0.185. The maximum absolute atomic E-state index is 13.5. The van der Waals surface area contributed by atoms with Crippen LogP contribution in [-0.2, 0) is 7.05 Å². The monoisotopic (exact) mass is 667 g/mol. The van der Waals surface area contributed by atoms with Crippen molar-refractivity contribution in [2.24, 2.45) is 7.05 Å². The Morgan fingerprint density at radius 3 is 2.50 bits per heavy atom. The van der Waals surface area contributed by atoms with Crippen molar-refractivity contribution in [3.05, 3.63) is 65.5 Å². The smallest absolute Gasteiger partial charge is 0.422 e. The van der Waals surface area contributed by atoms with Crippen molar-refractivity contribution < 1.29 is 22.7 Å². The van der Waals surface area contributed by atoms with Crippen LogP contribution in [0.4, 0.5) is 18.9 Å². The van der Waals surface area contributed by atoms with E-state index in [2.05, 4.69) is 48.9 Å². The van der Waals surface area contributed by atoms with Gasteiger partial charge >= 0.3 is 6.18 Å². The maximum Gasteiger partial charge on any atom is 0.422 e. The Morgan fingerprint density at radius 2 is 1.88 bits per heavy atom. The van der Waals surface area contributed by atoms with Crippen molar-refractivity contribution in [2.45, 2.75) is 51.0 Å². The van der Waals surface area contributed by atoms with Gasteiger partial charge in [0.2, 0.25) is 0 Å². The molecule has 7 nitrogen and oxygen atoms in total. The normalized spacial score (nSPS) is 20.0. The highest BCUT2D eigenvalue weighted by molar-refractivity contribution is 14.1. The fourth-order valence-corrected chi connectivity index (χ4v) is 6.78. The molecule has 0 saturated carbocycles. The van der Waals surface area contributed by atoms with Crippen LogP contribution in [0.3, 0.4) is 0 Å². The van der Waals surface area contributed by atoms with Gasteiger partial charge in [0.1, 0.15) is 5.75 Å². The number of hydrogen-bond donors (Lipinski definition) is 1. The zero-order valence-electron chi connectivity index (χ0n) is 22.7. The Balaban J connectivity index is 1.36. The lowest BCUT2D eigenvalue weighted by Gasteiger charge is -2.41. The Morgan fingerprint density at radius 1 is 1.15 bits per heavy atom. The maximum atomic E-state index is 13.5. The molecule has 40 heavy (non-hydrogen) atoms. The van der Waals surface area contributed by atoms with Crippen LogP contribution in [0.5, 0.6) is 5.75 Å². The second-order valence-corrected chi connectivity index (χ2v) is 11.4. The summed E-state index contributed by atoms with van der Waals surface area (Å²) < 4.78 is 46.4. The van der Waals surface area contributed by atoms with E-state index < -0.39 is 18.8 Å². The van der Waals surface area contributed by atoms with Gasteiger partial charge < -0.3 is 15.0 Å². The van der Waals surface area contributed by atoms with E-state index >= 15 is 0 Å². The molecule has 2 bridgehead atoms. The third-order valence-corrected chi connectivity index (χ3v) is 8.61. The summed E-state index contributed by atoms with van der Waals surface area (Å²) in [6.45, 7) is 4.22. The average molecular weight is 668 g/mol. The van der Waals surface area contributed by atoms with E-state index in [-0.39, 0.29) is 11.7 Å². The number of halogens is 4. The molecule has 3 heterocycles. The van der Waals surface area contributed by atoms with Gasteiger partial charge in [-0.15, -0.1) is 0 Å². The number of nitrogens with one attached hydrogen (secondary N) is 1. The summed E-state index contributed by atoms with van der Waals surface area (Å²) in [6, 6.07) is 11.5. The second-order valence-electron chi connectivity index (χ2n) is 10.7. The predicted octanol–water partition coefficient (Wildman–Crippen LogP) is 5.87. The van der Waals surface area contributed by atoms with Crippen LogP contribution >= 0.6 is 22.6 Å². The Hall–Kier alpha value is -2.80. The van der Waals surface area contributed by atoms with E-state index in [0.29, 0.717) is 28.8 Å². The molecule has 0 spiro atoms. The second kappa shape index (κ2) is 11.6. The van der Waals surface area contributed by atoms with Gasteiger partial charge in [-0.05, 0) is 73.7 Å². The number of aryl methyl sites for hydroxylation is 2. The minimum Gasteiger partial charge on any atom is -0.484 e. The number of hydrogen-bond acceptors (Lipinski definition) is 5. The van der Waals surface area contributed by atoms with Crippen LogP contribution in [0, 0.1) is 6.92 Å². The Bertz CT molecular complexity index is 1360. The lowest BCUT2D eigenvalue weighted by atomic mass is 10.0. The highest BCUT2D eigenvalue weighted by Crippen LogP contribution is 2.34. The van der Waals surface area contributed by atoms with Gasteiger partial charge in [0.05, 0.1) is 16.8 Å². The lowest BCUT2D eigenvalue weighted by molar-refractivity contribution is -0.153. The summed E-state index contributed by atoms with van der Waals surface area (Å²) in [4.78, 5) is 18.4. The van der Waals surface area contributed by atoms with Gasteiger partial charge in [-0.1, -0.05) is 28.7 Å². The molecule has 1 amide bonds. The summed E-state index contributed by atoms with van der Waals surface area (Å²) in [5.74, 6) is -0.154. The van der Waals surface area contributed by atoms with E-state index in [1.807, 2.05) is 32.0 Å². The van der Waals surface area contributed by atoms with Crippen molar-refractivity contribution in [2.75, 3.05) is 29.1 Å². The number of benzene rings is 2. The summed E-state index contributed by atoms with van der Waals surface area (Å²) in [5.41, 5.74) is 4.51. The summed E-state index contributed by atoms with van der Waals surface area (Å²) in [6.07, 6.45) is 1.35. The number of amides is 1. The first-order valence-corrected chi connectivity index (χ1v) is 14.8. The number of fused-ring (bicyclic) bond motifs is 2. The fourth-order valence-electron chi connectivity index (χ4n) is 5.66. The highest BCUT2D eigenvalue weighted by atomic mass is 127. The summed E-state index contributed by atoms with van der Waals surface area (Å²) in [5, 5.41) is 7.22. The molecule has 5 rings (SSSR count). The summed E-state index contributed by atoms with van der Waals surface area (Å²) in [7, 11) is 1.77. The number of anilines is 1. The number of nitrogens with zero attached hydrogens (tertiary/aromatic N) is 4. The molecule has 1 aromatic heterocycles. The van der Waals surface area contributed by atoms with Crippen LogP contribution in [-0.4, -0.2) is 63.1 Å². The van der Waals surface area contributed by atoms with E-state index in [1.54, 1.807) is 36.3 Å². The van der Waals surface area contributed by atoms with Crippen molar-refractivity contribution in [3.8, 4) is 16.9 Å². The minimum absolute atomic E-state index is 0.0771. The first-order chi connectivity index (χ1) is 19.0. The van der Waals surface area contributed by atoms with Gasteiger partial charge in [0.25, 0.3) is 5.91 Å². The molecule has 2 aliphatic rings. The van der Waals surface area contributed by atoms with Crippen LogP contribution in [0.1, 0.15) is 47.3 Å². The van der Waals surface area contributed by atoms with Gasteiger partial charge in [-0.25, -0.2) is 0 Å². The molecule has 0 aliphatic carbocycles. The molecule has 1 N–H and O–H groups in total. The van der Waals surface area contributed by atoms with E-state index in [9.17, 15) is 18.0 Å². The molecule has 3 aromatic rings. The number of carbonyl (C=O) groups is 1. The number of alkyl halides is 4. The van der Waals surface area contributed by atoms with Crippen molar-refractivity contribution in [1.82, 2.24) is 20.0 Å². The van der Waals surface area contributed by atoms with Crippen LogP contribution < -0.4 is 15.0 Å². The first kappa shape index (κ1) is 28.7. The molecule has 0 unspecified atom stereocenters. The topological polar surface area (TPSA) is 62.6 Å². The number of piperazine rings is 1. The van der Waals surface area contributed by atoms with Gasteiger partial charge in [0.15, 0.2) is 6.61 Å². The number of rotatable bonds is 8. The van der Waals surface area contributed by atoms with Crippen LogP contribution in [0.15, 0.2) is 48.8 Å². The first-order valence-electron chi connectivity index (χ1n) is 13.3. The number of aromatic nitrogens is 2. The molecule has 2 aromatic carbocycles. The molecule has 3 atom stereocenters. The molecule has 2 saturated heterocycles. The lowest BCUT2D eigenvalue weighted by Crippen LogP contribution is -2.53. The molecule has 2 fully saturated rings. The molecule has 11 heteroatoms.